The summed E-state index contributed by atoms with van der Waals surface area (Å²) in [5.74, 6) is 0.643. The number of nitrogens with zero attached hydrogens (tertiary/aromatic N) is 1. The number of fused-ring (bicyclic) bond motifs is 1. The SMILES string of the molecule is CC(C)C(=O)N1CCCC(C(=O)NCC2CCCc3ccccc32)C1. The summed E-state index contributed by atoms with van der Waals surface area (Å²) in [6, 6.07) is 8.60. The number of aryl methyl sites for hydroxylation is 1. The van der Waals surface area contributed by atoms with Crippen LogP contribution in [0.2, 0.25) is 0 Å². The molecule has 0 saturated carbocycles. The number of carbonyl (C=O) groups excluding carboxylic acids is 2. The van der Waals surface area contributed by atoms with E-state index >= 15 is 0 Å². The van der Waals surface area contributed by atoms with Gasteiger partial charge in [-0.25, -0.2) is 0 Å². The van der Waals surface area contributed by atoms with Crippen LogP contribution < -0.4 is 5.32 Å². The molecule has 1 aromatic rings. The number of piperidine rings is 1. The molecule has 1 fully saturated rings. The minimum Gasteiger partial charge on any atom is -0.355 e. The Kier molecular flexibility index (Phi) is 5.77. The summed E-state index contributed by atoms with van der Waals surface area (Å²) in [5, 5.41) is 3.17. The molecule has 1 aliphatic carbocycles. The van der Waals surface area contributed by atoms with Gasteiger partial charge < -0.3 is 10.2 Å². The van der Waals surface area contributed by atoms with E-state index in [1.54, 1.807) is 0 Å². The van der Waals surface area contributed by atoms with E-state index in [1.807, 2.05) is 18.7 Å². The van der Waals surface area contributed by atoms with Gasteiger partial charge in [0.15, 0.2) is 0 Å². The Morgan fingerprint density at radius 1 is 1.20 bits per heavy atom. The fourth-order valence-electron chi connectivity index (χ4n) is 4.19. The van der Waals surface area contributed by atoms with Crippen molar-refractivity contribution in [3.63, 3.8) is 0 Å². The standard InChI is InChI=1S/C21H30N2O2/c1-15(2)21(25)23-12-6-10-18(14-23)20(24)22-13-17-9-5-8-16-7-3-4-11-19(16)17/h3-4,7,11,15,17-18H,5-6,8-10,12-14H2,1-2H3,(H,22,24). The average Bonchev–Trinajstić information content (AvgIpc) is 2.65. The number of rotatable bonds is 4. The highest BCUT2D eigenvalue weighted by Gasteiger charge is 2.30. The maximum absolute atomic E-state index is 12.6. The van der Waals surface area contributed by atoms with Crippen LogP contribution >= 0.6 is 0 Å². The quantitative estimate of drug-likeness (QED) is 0.914. The van der Waals surface area contributed by atoms with Crippen molar-refractivity contribution in [2.75, 3.05) is 19.6 Å². The van der Waals surface area contributed by atoms with E-state index in [4.69, 9.17) is 0 Å². The molecule has 0 bridgehead atoms. The lowest BCUT2D eigenvalue weighted by atomic mass is 9.82. The number of likely N-dealkylation sites (tertiary alicyclic amines) is 1. The van der Waals surface area contributed by atoms with Crippen molar-refractivity contribution < 1.29 is 9.59 Å². The largest absolute Gasteiger partial charge is 0.355 e. The van der Waals surface area contributed by atoms with Gasteiger partial charge in [-0.2, -0.15) is 0 Å². The van der Waals surface area contributed by atoms with Gasteiger partial charge in [0.1, 0.15) is 0 Å². The van der Waals surface area contributed by atoms with Crippen molar-refractivity contribution in [1.29, 1.82) is 0 Å². The predicted octanol–water partition coefficient (Wildman–Crippen LogP) is 3.12. The van der Waals surface area contributed by atoms with E-state index in [2.05, 4.69) is 29.6 Å². The van der Waals surface area contributed by atoms with E-state index < -0.39 is 0 Å². The molecule has 1 heterocycles. The molecule has 0 radical (unpaired) electrons. The molecule has 1 saturated heterocycles. The summed E-state index contributed by atoms with van der Waals surface area (Å²) in [6.07, 6.45) is 5.28. The van der Waals surface area contributed by atoms with Crippen LogP contribution in [0.15, 0.2) is 24.3 Å². The van der Waals surface area contributed by atoms with Crippen LogP contribution in [0.5, 0.6) is 0 Å². The first-order chi connectivity index (χ1) is 12.1. The fourth-order valence-corrected chi connectivity index (χ4v) is 4.19. The Balaban J connectivity index is 1.55. The zero-order valence-corrected chi connectivity index (χ0v) is 15.5. The van der Waals surface area contributed by atoms with Gasteiger partial charge in [0, 0.05) is 31.5 Å². The Hall–Kier alpha value is -1.84. The van der Waals surface area contributed by atoms with Crippen LogP contribution in [0.25, 0.3) is 0 Å². The fraction of sp³-hybridized carbons (Fsp3) is 0.619. The number of amides is 2. The molecule has 1 aliphatic heterocycles. The predicted molar refractivity (Wildman–Crippen MR) is 99.3 cm³/mol. The molecule has 4 heteroatoms. The summed E-state index contributed by atoms with van der Waals surface area (Å²) in [5.41, 5.74) is 2.83. The Bertz CT molecular complexity index is 626. The number of hydrogen-bond donors (Lipinski definition) is 1. The lowest BCUT2D eigenvalue weighted by Gasteiger charge is -2.33. The van der Waals surface area contributed by atoms with E-state index in [-0.39, 0.29) is 23.7 Å². The molecule has 3 rings (SSSR count). The minimum atomic E-state index is -0.0599. The first kappa shape index (κ1) is 18.0. The third kappa shape index (κ3) is 4.23. The van der Waals surface area contributed by atoms with Crippen molar-refractivity contribution in [2.24, 2.45) is 11.8 Å². The zero-order chi connectivity index (χ0) is 17.8. The molecule has 1 N–H and O–H groups in total. The molecule has 4 nitrogen and oxygen atoms in total. The summed E-state index contributed by atoms with van der Waals surface area (Å²) in [7, 11) is 0. The van der Waals surface area contributed by atoms with Gasteiger partial charge in [-0.15, -0.1) is 0 Å². The van der Waals surface area contributed by atoms with Gasteiger partial charge in [0.05, 0.1) is 5.92 Å². The second kappa shape index (κ2) is 8.03. The first-order valence-corrected chi connectivity index (χ1v) is 9.70. The summed E-state index contributed by atoms with van der Waals surface area (Å²) in [6.45, 7) is 5.92. The van der Waals surface area contributed by atoms with Crippen molar-refractivity contribution in [3.05, 3.63) is 35.4 Å². The highest BCUT2D eigenvalue weighted by Crippen LogP contribution is 2.31. The number of carbonyl (C=O) groups is 2. The lowest BCUT2D eigenvalue weighted by Crippen LogP contribution is -2.47. The molecule has 1 aromatic carbocycles. The highest BCUT2D eigenvalue weighted by atomic mass is 16.2. The molecule has 2 unspecified atom stereocenters. The van der Waals surface area contributed by atoms with Crippen molar-refractivity contribution in [3.8, 4) is 0 Å². The second-order valence-corrected chi connectivity index (χ2v) is 7.81. The van der Waals surface area contributed by atoms with E-state index in [0.717, 1.165) is 32.2 Å². The minimum absolute atomic E-state index is 0.000511. The Labute approximate surface area is 151 Å². The number of nitrogens with one attached hydrogen (secondary N) is 1. The number of hydrogen-bond acceptors (Lipinski definition) is 2. The Morgan fingerprint density at radius 3 is 2.80 bits per heavy atom. The van der Waals surface area contributed by atoms with E-state index in [9.17, 15) is 9.59 Å². The van der Waals surface area contributed by atoms with E-state index in [0.29, 0.717) is 19.0 Å². The molecular weight excluding hydrogens is 312 g/mol. The van der Waals surface area contributed by atoms with Crippen molar-refractivity contribution in [2.45, 2.75) is 51.9 Å². The summed E-state index contributed by atoms with van der Waals surface area (Å²) in [4.78, 5) is 26.7. The molecular formula is C21H30N2O2. The normalized spacial score (nSPS) is 23.2. The number of benzene rings is 1. The molecule has 25 heavy (non-hydrogen) atoms. The average molecular weight is 342 g/mol. The molecule has 2 atom stereocenters. The third-order valence-corrected chi connectivity index (χ3v) is 5.61. The van der Waals surface area contributed by atoms with Crippen LogP contribution in [-0.2, 0) is 16.0 Å². The molecule has 0 spiro atoms. The molecule has 2 amide bonds. The van der Waals surface area contributed by atoms with Crippen LogP contribution in [-0.4, -0.2) is 36.3 Å². The molecule has 2 aliphatic rings. The maximum atomic E-state index is 12.6. The maximum Gasteiger partial charge on any atom is 0.225 e. The van der Waals surface area contributed by atoms with Crippen molar-refractivity contribution in [1.82, 2.24) is 10.2 Å². The molecule has 0 aromatic heterocycles. The van der Waals surface area contributed by atoms with Crippen LogP contribution in [0.1, 0.15) is 56.6 Å². The monoisotopic (exact) mass is 342 g/mol. The topological polar surface area (TPSA) is 49.4 Å². The zero-order valence-electron chi connectivity index (χ0n) is 15.5. The van der Waals surface area contributed by atoms with Gasteiger partial charge in [-0.1, -0.05) is 38.1 Å². The summed E-state index contributed by atoms with van der Waals surface area (Å²) >= 11 is 0. The first-order valence-electron chi connectivity index (χ1n) is 9.70. The van der Waals surface area contributed by atoms with Gasteiger partial charge in [-0.3, -0.25) is 9.59 Å². The van der Waals surface area contributed by atoms with E-state index in [1.165, 1.54) is 17.5 Å². The smallest absolute Gasteiger partial charge is 0.225 e. The Morgan fingerprint density at radius 2 is 2.00 bits per heavy atom. The highest BCUT2D eigenvalue weighted by molar-refractivity contribution is 5.82. The van der Waals surface area contributed by atoms with Crippen molar-refractivity contribution >= 4 is 11.8 Å². The van der Waals surface area contributed by atoms with Gasteiger partial charge >= 0.3 is 0 Å². The summed E-state index contributed by atoms with van der Waals surface area (Å²) < 4.78 is 0. The lowest BCUT2D eigenvalue weighted by molar-refractivity contribution is -0.138. The van der Waals surface area contributed by atoms with Crippen LogP contribution in [0.3, 0.4) is 0 Å². The van der Waals surface area contributed by atoms with Crippen LogP contribution in [0.4, 0.5) is 0 Å². The van der Waals surface area contributed by atoms with Gasteiger partial charge in [-0.05, 0) is 43.2 Å². The van der Waals surface area contributed by atoms with Gasteiger partial charge in [0.2, 0.25) is 11.8 Å². The van der Waals surface area contributed by atoms with Gasteiger partial charge in [0.25, 0.3) is 0 Å². The second-order valence-electron chi connectivity index (χ2n) is 7.81. The molecule has 136 valence electrons. The van der Waals surface area contributed by atoms with Crippen LogP contribution in [0, 0.1) is 11.8 Å². The third-order valence-electron chi connectivity index (χ3n) is 5.61.